The zero-order valence-electron chi connectivity index (χ0n) is 17.8. The minimum absolute atomic E-state index is 0.0891. The SMILES string of the molecule is Cc1nn(-c2ccccc2)c(Cl)c1C(=O)NCc1cccc(C(=O)NCC2CCCO2)c1. The molecule has 1 aromatic heterocycles. The van der Waals surface area contributed by atoms with Gasteiger partial charge in [0.2, 0.25) is 0 Å². The number of aromatic nitrogens is 2. The van der Waals surface area contributed by atoms with Gasteiger partial charge < -0.3 is 15.4 Å². The van der Waals surface area contributed by atoms with Crippen molar-refractivity contribution in [2.24, 2.45) is 0 Å². The zero-order valence-corrected chi connectivity index (χ0v) is 18.6. The summed E-state index contributed by atoms with van der Waals surface area (Å²) in [4.78, 5) is 25.3. The Kier molecular flexibility index (Phi) is 6.87. The Balaban J connectivity index is 1.40. The topological polar surface area (TPSA) is 85.2 Å². The van der Waals surface area contributed by atoms with Crippen LogP contribution in [0.25, 0.3) is 5.69 Å². The van der Waals surface area contributed by atoms with E-state index >= 15 is 0 Å². The molecule has 1 aliphatic heterocycles. The van der Waals surface area contributed by atoms with Gasteiger partial charge in [0, 0.05) is 25.3 Å². The van der Waals surface area contributed by atoms with Gasteiger partial charge in [-0.15, -0.1) is 0 Å². The molecule has 1 atom stereocenters. The summed E-state index contributed by atoms with van der Waals surface area (Å²) >= 11 is 6.47. The number of hydrogen-bond acceptors (Lipinski definition) is 4. The molecule has 2 N–H and O–H groups in total. The zero-order chi connectivity index (χ0) is 22.5. The van der Waals surface area contributed by atoms with Crippen LogP contribution < -0.4 is 10.6 Å². The molecule has 3 aromatic rings. The number of nitrogens with zero attached hydrogens (tertiary/aromatic N) is 2. The van der Waals surface area contributed by atoms with E-state index in [9.17, 15) is 9.59 Å². The first-order valence-corrected chi connectivity index (χ1v) is 11.0. The van der Waals surface area contributed by atoms with Crippen molar-refractivity contribution >= 4 is 23.4 Å². The van der Waals surface area contributed by atoms with Gasteiger partial charge in [-0.1, -0.05) is 41.9 Å². The maximum atomic E-state index is 12.8. The van der Waals surface area contributed by atoms with E-state index in [2.05, 4.69) is 15.7 Å². The average Bonchev–Trinajstić information content (AvgIpc) is 3.44. The van der Waals surface area contributed by atoms with Crippen LogP contribution in [0.1, 0.15) is 44.8 Å². The molecule has 1 saturated heterocycles. The highest BCUT2D eigenvalue weighted by atomic mass is 35.5. The van der Waals surface area contributed by atoms with Crippen molar-refractivity contribution in [2.45, 2.75) is 32.4 Å². The molecule has 8 heteroatoms. The molecule has 0 saturated carbocycles. The third-order valence-corrected chi connectivity index (χ3v) is 5.74. The van der Waals surface area contributed by atoms with Crippen LogP contribution in [0, 0.1) is 6.92 Å². The molecule has 1 unspecified atom stereocenters. The highest BCUT2D eigenvalue weighted by Gasteiger charge is 2.21. The second-order valence-corrected chi connectivity index (χ2v) is 8.08. The lowest BCUT2D eigenvalue weighted by atomic mass is 10.1. The van der Waals surface area contributed by atoms with E-state index < -0.39 is 0 Å². The van der Waals surface area contributed by atoms with Crippen LogP contribution in [0.5, 0.6) is 0 Å². The quantitative estimate of drug-likeness (QED) is 0.572. The largest absolute Gasteiger partial charge is 0.376 e. The van der Waals surface area contributed by atoms with Crippen LogP contribution >= 0.6 is 11.6 Å². The predicted molar refractivity (Wildman–Crippen MR) is 122 cm³/mol. The van der Waals surface area contributed by atoms with Gasteiger partial charge >= 0.3 is 0 Å². The first-order chi connectivity index (χ1) is 15.5. The van der Waals surface area contributed by atoms with Crippen molar-refractivity contribution in [1.82, 2.24) is 20.4 Å². The third kappa shape index (κ3) is 5.00. The van der Waals surface area contributed by atoms with Crippen molar-refractivity contribution in [3.8, 4) is 5.69 Å². The summed E-state index contributed by atoms with van der Waals surface area (Å²) in [5, 5.41) is 10.5. The highest BCUT2D eigenvalue weighted by Crippen LogP contribution is 2.23. The van der Waals surface area contributed by atoms with E-state index in [1.165, 1.54) is 0 Å². The fourth-order valence-corrected chi connectivity index (χ4v) is 4.06. The molecule has 0 spiro atoms. The second kappa shape index (κ2) is 9.97. The lowest BCUT2D eigenvalue weighted by molar-refractivity contribution is 0.0857. The number of benzene rings is 2. The summed E-state index contributed by atoms with van der Waals surface area (Å²) in [6.45, 7) is 3.27. The van der Waals surface area contributed by atoms with E-state index in [1.54, 1.807) is 29.8 Å². The van der Waals surface area contributed by atoms with Crippen molar-refractivity contribution < 1.29 is 14.3 Å². The Morgan fingerprint density at radius 1 is 1.12 bits per heavy atom. The molecule has 166 valence electrons. The molecule has 0 bridgehead atoms. The Morgan fingerprint density at radius 2 is 1.94 bits per heavy atom. The number of carbonyl (C=O) groups is 2. The standard InChI is InChI=1S/C24H25ClN4O3/c1-16-21(22(25)29(28-16)19-9-3-2-4-10-19)24(31)26-14-17-7-5-8-18(13-17)23(30)27-15-20-11-6-12-32-20/h2-5,7-10,13,20H,6,11-12,14-15H2,1H3,(H,26,31)(H,27,30). The first kappa shape index (κ1) is 22.0. The molecule has 2 amide bonds. The fourth-order valence-electron chi connectivity index (χ4n) is 3.70. The highest BCUT2D eigenvalue weighted by molar-refractivity contribution is 6.33. The number of aryl methyl sites for hydroxylation is 1. The molecule has 1 aliphatic rings. The van der Waals surface area contributed by atoms with Gasteiger partial charge in [0.05, 0.1) is 23.0 Å². The van der Waals surface area contributed by atoms with Gasteiger partial charge in [0.1, 0.15) is 5.15 Å². The smallest absolute Gasteiger partial charge is 0.256 e. The number of hydrogen-bond donors (Lipinski definition) is 2. The van der Waals surface area contributed by atoms with Crippen molar-refractivity contribution in [3.63, 3.8) is 0 Å². The van der Waals surface area contributed by atoms with Crippen molar-refractivity contribution in [3.05, 3.63) is 82.1 Å². The normalized spacial score (nSPS) is 15.5. The van der Waals surface area contributed by atoms with E-state index in [1.807, 2.05) is 36.4 Å². The monoisotopic (exact) mass is 452 g/mol. The third-order valence-electron chi connectivity index (χ3n) is 5.39. The maximum Gasteiger partial charge on any atom is 0.256 e. The molecule has 4 rings (SSSR count). The number of carbonyl (C=O) groups excluding carboxylic acids is 2. The number of nitrogens with one attached hydrogen (secondary N) is 2. The van der Waals surface area contributed by atoms with E-state index in [0.717, 1.165) is 30.7 Å². The molecule has 0 radical (unpaired) electrons. The van der Waals surface area contributed by atoms with E-state index in [4.69, 9.17) is 16.3 Å². The summed E-state index contributed by atoms with van der Waals surface area (Å²) in [5.74, 6) is -0.473. The molecular formula is C24H25ClN4O3. The van der Waals surface area contributed by atoms with Gasteiger partial charge in [-0.25, -0.2) is 4.68 Å². The van der Waals surface area contributed by atoms with Gasteiger partial charge in [-0.3, -0.25) is 9.59 Å². The molecule has 7 nitrogen and oxygen atoms in total. The van der Waals surface area contributed by atoms with Crippen LogP contribution in [0.4, 0.5) is 0 Å². The minimum Gasteiger partial charge on any atom is -0.376 e. The molecular weight excluding hydrogens is 428 g/mol. The Bertz CT molecular complexity index is 1110. The van der Waals surface area contributed by atoms with Crippen molar-refractivity contribution in [2.75, 3.05) is 13.2 Å². The van der Waals surface area contributed by atoms with Crippen molar-refractivity contribution in [1.29, 1.82) is 0 Å². The van der Waals surface area contributed by atoms with Crippen LogP contribution in [0.2, 0.25) is 5.15 Å². The summed E-state index contributed by atoms with van der Waals surface area (Å²) in [5.41, 5.74) is 3.01. The van der Waals surface area contributed by atoms with Crippen LogP contribution in [0.15, 0.2) is 54.6 Å². The summed E-state index contributed by atoms with van der Waals surface area (Å²) in [6.07, 6.45) is 2.09. The van der Waals surface area contributed by atoms with Crippen LogP contribution in [0.3, 0.4) is 0 Å². The lowest BCUT2D eigenvalue weighted by Crippen LogP contribution is -2.31. The molecule has 2 heterocycles. The summed E-state index contributed by atoms with van der Waals surface area (Å²) < 4.78 is 7.09. The van der Waals surface area contributed by atoms with Crippen LogP contribution in [-0.2, 0) is 11.3 Å². The van der Waals surface area contributed by atoms with E-state index in [-0.39, 0.29) is 29.6 Å². The lowest BCUT2D eigenvalue weighted by Gasteiger charge is -2.11. The predicted octanol–water partition coefficient (Wildman–Crippen LogP) is 3.67. The Morgan fingerprint density at radius 3 is 2.69 bits per heavy atom. The average molecular weight is 453 g/mol. The number of para-hydroxylation sites is 1. The summed E-state index contributed by atoms with van der Waals surface area (Å²) in [7, 11) is 0. The van der Waals surface area contributed by atoms with Gasteiger partial charge in [-0.2, -0.15) is 5.10 Å². The number of halogens is 1. The maximum absolute atomic E-state index is 12.8. The van der Waals surface area contributed by atoms with Gasteiger partial charge in [0.15, 0.2) is 0 Å². The molecule has 0 aliphatic carbocycles. The Hall–Kier alpha value is -3.16. The summed E-state index contributed by atoms with van der Waals surface area (Å²) in [6, 6.07) is 16.6. The number of amides is 2. The number of rotatable bonds is 7. The van der Waals surface area contributed by atoms with Crippen LogP contribution in [-0.4, -0.2) is 40.9 Å². The minimum atomic E-state index is -0.317. The second-order valence-electron chi connectivity index (χ2n) is 7.73. The molecule has 1 fully saturated rings. The molecule has 32 heavy (non-hydrogen) atoms. The fraction of sp³-hybridized carbons (Fsp3) is 0.292. The number of ether oxygens (including phenoxy) is 1. The Labute approximate surface area is 191 Å². The first-order valence-electron chi connectivity index (χ1n) is 10.6. The van der Waals surface area contributed by atoms with Gasteiger partial charge in [-0.05, 0) is 49.6 Å². The molecule has 2 aromatic carbocycles. The van der Waals surface area contributed by atoms with E-state index in [0.29, 0.717) is 23.4 Å². The van der Waals surface area contributed by atoms with Gasteiger partial charge in [0.25, 0.3) is 11.8 Å².